The fourth-order valence-corrected chi connectivity index (χ4v) is 10.0. The molecule has 3 N–H and O–H groups in total. The maximum Gasteiger partial charge on any atom is 0.305 e. The predicted octanol–water partition coefficient (Wildman–Crippen LogP) is 20.2. The fourth-order valence-electron chi connectivity index (χ4n) is 10.0. The van der Waals surface area contributed by atoms with Gasteiger partial charge in [-0.1, -0.05) is 289 Å². The van der Waals surface area contributed by atoms with Gasteiger partial charge >= 0.3 is 5.97 Å². The summed E-state index contributed by atoms with van der Waals surface area (Å²) in [5.74, 6) is -0.0268. The Morgan fingerprint density at radius 3 is 1.01 bits per heavy atom. The highest BCUT2D eigenvalue weighted by Gasteiger charge is 2.20. The monoisotopic (exact) mass is 1000 g/mol. The average molecular weight is 1000 g/mol. The number of unbranched alkanes of at least 4 members (excludes halogenated alkanes) is 45. The summed E-state index contributed by atoms with van der Waals surface area (Å²) in [6.07, 6.45) is 74.9. The van der Waals surface area contributed by atoms with E-state index in [2.05, 4.69) is 43.5 Å². The molecule has 0 radical (unpaired) electrons. The minimum Gasteiger partial charge on any atom is -0.466 e. The van der Waals surface area contributed by atoms with Gasteiger partial charge in [0, 0.05) is 12.8 Å². The van der Waals surface area contributed by atoms with Crippen molar-refractivity contribution in [2.75, 3.05) is 13.2 Å². The summed E-state index contributed by atoms with van der Waals surface area (Å²) in [6, 6.07) is -0.540. The Kier molecular flexibility index (Phi) is 59.5. The first kappa shape index (κ1) is 69.3. The van der Waals surface area contributed by atoms with Gasteiger partial charge in [-0.25, -0.2) is 0 Å². The van der Waals surface area contributed by atoms with Crippen LogP contribution >= 0.6 is 0 Å². The molecule has 0 saturated heterocycles. The summed E-state index contributed by atoms with van der Waals surface area (Å²) < 4.78 is 5.47. The molecule has 1 amide bonds. The van der Waals surface area contributed by atoms with Crippen molar-refractivity contribution in [1.29, 1.82) is 0 Å². The Bertz CT molecular complexity index is 1110. The SMILES string of the molecule is CCCCCC/C=C\CCCCCCCC(=O)OCCCCCCCCCCCCCC/C=C\CCCCCCCCCCCCCCC(=O)NC(CO)C(O)CCCCCCCCCCCCCCC. The zero-order valence-electron chi connectivity index (χ0n) is 48.0. The van der Waals surface area contributed by atoms with Gasteiger partial charge in [-0.05, 0) is 77.0 Å². The summed E-state index contributed by atoms with van der Waals surface area (Å²) in [7, 11) is 0. The van der Waals surface area contributed by atoms with Gasteiger partial charge in [0.2, 0.25) is 5.91 Å². The van der Waals surface area contributed by atoms with Crippen molar-refractivity contribution < 1.29 is 24.5 Å². The van der Waals surface area contributed by atoms with Crippen LogP contribution in [0.1, 0.15) is 354 Å². The maximum absolute atomic E-state index is 12.5. The molecule has 0 rings (SSSR count). The second-order valence-corrected chi connectivity index (χ2v) is 22.1. The Balaban J connectivity index is 3.37. The fraction of sp³-hybridized carbons (Fsp3) is 0.908. The third kappa shape index (κ3) is 57.5. The van der Waals surface area contributed by atoms with Crippen molar-refractivity contribution in [3.63, 3.8) is 0 Å². The maximum atomic E-state index is 12.5. The highest BCUT2D eigenvalue weighted by molar-refractivity contribution is 5.76. The van der Waals surface area contributed by atoms with Crippen LogP contribution in [0.4, 0.5) is 0 Å². The molecule has 0 heterocycles. The van der Waals surface area contributed by atoms with Gasteiger partial charge < -0.3 is 20.3 Å². The molecular formula is C65H125NO5. The molecule has 0 bridgehead atoms. The molecule has 6 nitrogen and oxygen atoms in total. The standard InChI is InChI=1S/C65H125NO5/c1-3-5-7-9-11-13-15-33-37-41-45-49-53-57-63(68)62(61-67)66-64(69)58-54-50-46-42-38-35-31-29-27-25-23-21-19-17-18-20-22-24-26-28-30-32-36-40-44-48-52-56-60-71-65(70)59-55-51-47-43-39-34-16-14-12-10-8-6-4-2/h14,16-18,62-63,67-68H,3-13,15,19-61H2,1-2H3,(H,66,69)/b16-14-,18-17-. The number of hydrogen-bond acceptors (Lipinski definition) is 5. The van der Waals surface area contributed by atoms with Crippen molar-refractivity contribution >= 4 is 11.9 Å². The van der Waals surface area contributed by atoms with Crippen LogP contribution in [0.3, 0.4) is 0 Å². The Labute approximate surface area is 443 Å². The Hall–Kier alpha value is -1.66. The number of amides is 1. The minimum atomic E-state index is -0.663. The molecule has 0 aromatic carbocycles. The second kappa shape index (κ2) is 60.9. The number of carbonyl (C=O) groups excluding carboxylic acids is 2. The first-order valence-electron chi connectivity index (χ1n) is 32.1. The number of aliphatic hydroxyl groups is 2. The van der Waals surface area contributed by atoms with Crippen molar-refractivity contribution in [2.45, 2.75) is 366 Å². The van der Waals surface area contributed by atoms with Crippen LogP contribution in [0, 0.1) is 0 Å². The number of hydrogen-bond donors (Lipinski definition) is 3. The Morgan fingerprint density at radius 1 is 0.380 bits per heavy atom. The van der Waals surface area contributed by atoms with E-state index in [1.165, 1.54) is 276 Å². The van der Waals surface area contributed by atoms with Crippen LogP contribution in [0.2, 0.25) is 0 Å². The molecule has 0 aliphatic rings. The second-order valence-electron chi connectivity index (χ2n) is 22.1. The summed E-state index contributed by atoms with van der Waals surface area (Å²) in [6.45, 7) is 4.95. The van der Waals surface area contributed by atoms with Gasteiger partial charge in [-0.15, -0.1) is 0 Å². The van der Waals surface area contributed by atoms with E-state index in [-0.39, 0.29) is 18.5 Å². The number of nitrogens with one attached hydrogen (secondary N) is 1. The number of rotatable bonds is 60. The molecule has 2 unspecified atom stereocenters. The molecule has 420 valence electrons. The van der Waals surface area contributed by atoms with Crippen molar-refractivity contribution in [1.82, 2.24) is 5.32 Å². The van der Waals surface area contributed by atoms with Crippen molar-refractivity contribution in [3.05, 3.63) is 24.3 Å². The third-order valence-electron chi connectivity index (χ3n) is 15.0. The quantitative estimate of drug-likeness (QED) is 0.0320. The first-order valence-corrected chi connectivity index (χ1v) is 32.1. The lowest BCUT2D eigenvalue weighted by molar-refractivity contribution is -0.143. The van der Waals surface area contributed by atoms with E-state index in [9.17, 15) is 19.8 Å². The molecular weight excluding hydrogens is 875 g/mol. The summed E-state index contributed by atoms with van der Waals surface area (Å²) >= 11 is 0. The smallest absolute Gasteiger partial charge is 0.305 e. The lowest BCUT2D eigenvalue weighted by atomic mass is 10.0. The molecule has 0 fully saturated rings. The number of esters is 1. The molecule has 0 aliphatic heterocycles. The van der Waals surface area contributed by atoms with Gasteiger partial charge in [0.15, 0.2) is 0 Å². The minimum absolute atomic E-state index is 0.00682. The summed E-state index contributed by atoms with van der Waals surface area (Å²) in [5, 5.41) is 23.3. The summed E-state index contributed by atoms with van der Waals surface area (Å²) in [5.41, 5.74) is 0. The zero-order chi connectivity index (χ0) is 51.4. The molecule has 0 aromatic heterocycles. The first-order chi connectivity index (χ1) is 35.0. The van der Waals surface area contributed by atoms with Gasteiger partial charge in [0.25, 0.3) is 0 Å². The van der Waals surface area contributed by atoms with Crippen LogP contribution in [0.15, 0.2) is 24.3 Å². The number of carbonyl (C=O) groups is 2. The van der Waals surface area contributed by atoms with Crippen LogP contribution in [-0.4, -0.2) is 47.4 Å². The van der Waals surface area contributed by atoms with Crippen LogP contribution in [0.5, 0.6) is 0 Å². The van der Waals surface area contributed by atoms with Gasteiger partial charge in [-0.2, -0.15) is 0 Å². The topological polar surface area (TPSA) is 95.9 Å². The van der Waals surface area contributed by atoms with E-state index in [0.29, 0.717) is 25.9 Å². The number of allylic oxidation sites excluding steroid dienone is 4. The van der Waals surface area contributed by atoms with E-state index < -0.39 is 12.1 Å². The van der Waals surface area contributed by atoms with Gasteiger partial charge in [-0.3, -0.25) is 9.59 Å². The third-order valence-corrected chi connectivity index (χ3v) is 15.0. The van der Waals surface area contributed by atoms with E-state index >= 15 is 0 Å². The highest BCUT2D eigenvalue weighted by atomic mass is 16.5. The zero-order valence-corrected chi connectivity index (χ0v) is 48.0. The van der Waals surface area contributed by atoms with E-state index in [1.807, 2.05) is 0 Å². The molecule has 2 atom stereocenters. The van der Waals surface area contributed by atoms with Crippen molar-refractivity contribution in [2.24, 2.45) is 0 Å². The molecule has 6 heteroatoms. The van der Waals surface area contributed by atoms with E-state index in [0.717, 1.165) is 44.9 Å². The molecule has 71 heavy (non-hydrogen) atoms. The van der Waals surface area contributed by atoms with Gasteiger partial charge in [0.05, 0.1) is 25.4 Å². The lowest BCUT2D eigenvalue weighted by Crippen LogP contribution is -2.45. The number of aliphatic hydroxyl groups excluding tert-OH is 2. The number of ether oxygens (including phenoxy) is 1. The largest absolute Gasteiger partial charge is 0.466 e. The molecule has 0 aliphatic carbocycles. The van der Waals surface area contributed by atoms with Crippen LogP contribution in [-0.2, 0) is 14.3 Å². The van der Waals surface area contributed by atoms with Crippen molar-refractivity contribution in [3.8, 4) is 0 Å². The predicted molar refractivity (Wildman–Crippen MR) is 310 cm³/mol. The normalized spacial score (nSPS) is 12.7. The van der Waals surface area contributed by atoms with E-state index in [1.54, 1.807) is 0 Å². The molecule has 0 spiro atoms. The van der Waals surface area contributed by atoms with Crippen LogP contribution < -0.4 is 5.32 Å². The highest BCUT2D eigenvalue weighted by Crippen LogP contribution is 2.18. The van der Waals surface area contributed by atoms with E-state index in [4.69, 9.17) is 4.74 Å². The van der Waals surface area contributed by atoms with Gasteiger partial charge in [0.1, 0.15) is 0 Å². The molecule has 0 saturated carbocycles. The summed E-state index contributed by atoms with van der Waals surface area (Å²) in [4.78, 5) is 24.5. The van der Waals surface area contributed by atoms with Crippen LogP contribution in [0.25, 0.3) is 0 Å². The lowest BCUT2D eigenvalue weighted by Gasteiger charge is -2.22. The average Bonchev–Trinajstić information content (AvgIpc) is 3.37. The Morgan fingerprint density at radius 2 is 0.662 bits per heavy atom. The molecule has 0 aromatic rings.